The highest BCUT2D eigenvalue weighted by Gasteiger charge is 2.07. The van der Waals surface area contributed by atoms with Gasteiger partial charge in [0, 0.05) is 0 Å². The van der Waals surface area contributed by atoms with Crippen LogP contribution in [0.2, 0.25) is 0 Å². The topological polar surface area (TPSA) is 26.0 Å². The van der Waals surface area contributed by atoms with Gasteiger partial charge in [0.1, 0.15) is 0 Å². The predicted octanol–water partition coefficient (Wildman–Crippen LogP) is 1.24. The third-order valence-electron chi connectivity index (χ3n) is 1.06. The van der Waals surface area contributed by atoms with E-state index < -0.39 is 5.54 Å². The maximum absolute atomic E-state index is 5.54. The lowest BCUT2D eigenvalue weighted by atomic mass is 10.0. The first-order valence-corrected chi connectivity index (χ1v) is 2.38. The van der Waals surface area contributed by atoms with Crippen molar-refractivity contribution in [3.05, 3.63) is 38.0 Å². The molecule has 0 amide bonds. The second-order valence-electron chi connectivity index (χ2n) is 1.61. The van der Waals surface area contributed by atoms with Gasteiger partial charge in [-0.3, -0.25) is 0 Å². The number of hydrogen-bond donors (Lipinski definition) is 1. The maximum Gasteiger partial charge on any atom is 0.0704 e. The van der Waals surface area contributed by atoms with E-state index in [4.69, 9.17) is 5.73 Å². The van der Waals surface area contributed by atoms with E-state index in [-0.39, 0.29) is 0 Å². The van der Waals surface area contributed by atoms with Crippen molar-refractivity contribution in [2.75, 3.05) is 0 Å². The van der Waals surface area contributed by atoms with Crippen LogP contribution in [-0.2, 0) is 0 Å². The normalized spacial score (nSPS) is 10.1. The zero-order valence-corrected chi connectivity index (χ0v) is 4.93. The molecule has 0 aromatic heterocycles. The Hall–Kier alpha value is -0.820. The quantitative estimate of drug-likeness (QED) is 0.542. The van der Waals surface area contributed by atoms with Crippen molar-refractivity contribution in [2.45, 2.75) is 5.54 Å². The molecule has 0 rings (SSSR count). The summed E-state index contributed by atoms with van der Waals surface area (Å²) in [5.41, 5.74) is 4.96. The van der Waals surface area contributed by atoms with Crippen molar-refractivity contribution >= 4 is 0 Å². The lowest BCUT2D eigenvalue weighted by Crippen LogP contribution is -2.31. The Kier molecular flexibility index (Phi) is 2.22. The summed E-state index contributed by atoms with van der Waals surface area (Å²) in [6.45, 7) is 10.5. The van der Waals surface area contributed by atoms with Crippen molar-refractivity contribution in [3.8, 4) is 0 Å². The summed E-state index contributed by atoms with van der Waals surface area (Å²) in [4.78, 5) is 0. The number of hydrogen-bond acceptors (Lipinski definition) is 1. The first kappa shape index (κ1) is 7.18. The lowest BCUT2D eigenvalue weighted by Gasteiger charge is -2.13. The van der Waals surface area contributed by atoms with Crippen LogP contribution < -0.4 is 5.73 Å². The van der Waals surface area contributed by atoms with Crippen molar-refractivity contribution in [2.24, 2.45) is 5.73 Å². The molecule has 0 atom stereocenters. The molecule has 44 valence electrons. The molecule has 0 aliphatic carbocycles. The molecular formula is C7H11N. The molecule has 0 heterocycles. The summed E-state index contributed by atoms with van der Waals surface area (Å²) in [6, 6.07) is 0. The largest absolute Gasteiger partial charge is 0.316 e. The molecule has 0 aromatic rings. The summed E-state index contributed by atoms with van der Waals surface area (Å²) < 4.78 is 0. The molecule has 0 unspecified atom stereocenters. The third kappa shape index (κ3) is 1.35. The van der Waals surface area contributed by atoms with E-state index in [1.54, 1.807) is 18.2 Å². The molecule has 0 aromatic carbocycles. The van der Waals surface area contributed by atoms with Crippen LogP contribution in [0.25, 0.3) is 0 Å². The van der Waals surface area contributed by atoms with Gasteiger partial charge in [0.15, 0.2) is 0 Å². The second kappa shape index (κ2) is 2.48. The Labute approximate surface area is 50.2 Å². The van der Waals surface area contributed by atoms with Crippen LogP contribution in [0.4, 0.5) is 0 Å². The molecule has 0 aliphatic rings. The second-order valence-corrected chi connectivity index (χ2v) is 1.61. The first-order valence-electron chi connectivity index (χ1n) is 2.38. The van der Waals surface area contributed by atoms with Gasteiger partial charge < -0.3 is 5.73 Å². The van der Waals surface area contributed by atoms with Crippen LogP contribution in [0.15, 0.2) is 38.0 Å². The molecule has 8 heavy (non-hydrogen) atoms. The van der Waals surface area contributed by atoms with Crippen molar-refractivity contribution in [1.29, 1.82) is 0 Å². The molecule has 0 bridgehead atoms. The van der Waals surface area contributed by atoms with Gasteiger partial charge in [-0.25, -0.2) is 0 Å². The zero-order chi connectivity index (χ0) is 6.62. The van der Waals surface area contributed by atoms with Gasteiger partial charge in [-0.15, -0.1) is 19.7 Å². The van der Waals surface area contributed by atoms with Gasteiger partial charge in [-0.1, -0.05) is 18.2 Å². The lowest BCUT2D eigenvalue weighted by molar-refractivity contribution is 0.832. The van der Waals surface area contributed by atoms with Crippen LogP contribution >= 0.6 is 0 Å². The highest BCUT2D eigenvalue weighted by molar-refractivity contribution is 5.21. The molecule has 1 nitrogen and oxygen atoms in total. The van der Waals surface area contributed by atoms with E-state index in [2.05, 4.69) is 19.7 Å². The van der Waals surface area contributed by atoms with E-state index in [0.29, 0.717) is 0 Å². The molecule has 0 saturated carbocycles. The Morgan fingerprint density at radius 1 is 1.00 bits per heavy atom. The van der Waals surface area contributed by atoms with Gasteiger partial charge in [-0.2, -0.15) is 0 Å². The molecule has 0 aliphatic heterocycles. The molecule has 2 N–H and O–H groups in total. The van der Waals surface area contributed by atoms with Gasteiger partial charge in [0.05, 0.1) is 5.54 Å². The van der Waals surface area contributed by atoms with Crippen molar-refractivity contribution < 1.29 is 0 Å². The van der Waals surface area contributed by atoms with E-state index >= 15 is 0 Å². The van der Waals surface area contributed by atoms with E-state index in [1.807, 2.05) is 0 Å². The minimum absolute atomic E-state index is 0.583. The maximum atomic E-state index is 5.54. The van der Waals surface area contributed by atoms with Crippen LogP contribution in [0.1, 0.15) is 0 Å². The van der Waals surface area contributed by atoms with Gasteiger partial charge in [0.2, 0.25) is 0 Å². The van der Waals surface area contributed by atoms with Crippen molar-refractivity contribution in [3.63, 3.8) is 0 Å². The van der Waals surface area contributed by atoms with Crippen LogP contribution in [0.3, 0.4) is 0 Å². The fraction of sp³-hybridized carbons (Fsp3) is 0.143. The average Bonchev–Trinajstić information content (AvgIpc) is 1.87. The summed E-state index contributed by atoms with van der Waals surface area (Å²) >= 11 is 0. The molecule has 0 spiro atoms. The Morgan fingerprint density at radius 3 is 1.25 bits per heavy atom. The Bertz CT molecular complexity index is 91.8. The zero-order valence-electron chi connectivity index (χ0n) is 4.93. The highest BCUT2D eigenvalue weighted by Crippen LogP contribution is 2.02. The van der Waals surface area contributed by atoms with Gasteiger partial charge in [0.25, 0.3) is 0 Å². The Balaban J connectivity index is 4.18. The fourth-order valence-corrected chi connectivity index (χ4v) is 0.250. The van der Waals surface area contributed by atoms with Crippen LogP contribution in [-0.4, -0.2) is 5.54 Å². The number of rotatable bonds is 3. The fourth-order valence-electron chi connectivity index (χ4n) is 0.250. The van der Waals surface area contributed by atoms with Gasteiger partial charge in [-0.05, 0) is 0 Å². The van der Waals surface area contributed by atoms with E-state index in [1.165, 1.54) is 0 Å². The summed E-state index contributed by atoms with van der Waals surface area (Å²) in [6.07, 6.45) is 4.77. The van der Waals surface area contributed by atoms with E-state index in [0.717, 1.165) is 0 Å². The number of nitrogens with two attached hydrogens (primary N) is 1. The molecule has 0 radical (unpaired) electrons. The van der Waals surface area contributed by atoms with Crippen LogP contribution in [0.5, 0.6) is 0 Å². The summed E-state index contributed by atoms with van der Waals surface area (Å²) in [5.74, 6) is 0. The molecule has 1 heteroatoms. The predicted molar refractivity (Wildman–Crippen MR) is 37.5 cm³/mol. The van der Waals surface area contributed by atoms with Crippen LogP contribution in [0, 0.1) is 0 Å². The first-order chi connectivity index (χ1) is 3.68. The highest BCUT2D eigenvalue weighted by atomic mass is 14.7. The van der Waals surface area contributed by atoms with E-state index in [9.17, 15) is 0 Å². The SMILES string of the molecule is C=CC(N)(C=C)C=C. The summed E-state index contributed by atoms with van der Waals surface area (Å²) in [5, 5.41) is 0. The standard InChI is InChI=1S/C7H11N/c1-4-7(8,5-2)6-3/h4-6H,1-3,8H2. The average molecular weight is 109 g/mol. The molecule has 0 fully saturated rings. The monoisotopic (exact) mass is 109 g/mol. The third-order valence-corrected chi connectivity index (χ3v) is 1.06. The Morgan fingerprint density at radius 2 is 1.25 bits per heavy atom. The van der Waals surface area contributed by atoms with Crippen molar-refractivity contribution in [1.82, 2.24) is 0 Å². The molecular weight excluding hydrogens is 98.1 g/mol. The van der Waals surface area contributed by atoms with Gasteiger partial charge >= 0.3 is 0 Å². The minimum atomic E-state index is -0.583. The molecule has 0 saturated heterocycles. The minimum Gasteiger partial charge on any atom is -0.316 e. The summed E-state index contributed by atoms with van der Waals surface area (Å²) in [7, 11) is 0. The smallest absolute Gasteiger partial charge is 0.0704 e.